The molecule has 3 heterocycles. The van der Waals surface area contributed by atoms with Crippen LogP contribution in [0.25, 0.3) is 0 Å². The molecule has 4 atom stereocenters. The maximum absolute atomic E-state index is 12.0. The van der Waals surface area contributed by atoms with Gasteiger partial charge in [-0.15, -0.1) is 16.9 Å². The van der Waals surface area contributed by atoms with Crippen LogP contribution in [0.5, 0.6) is 0 Å². The number of aliphatic carboxylic acids is 1. The Bertz CT molecular complexity index is 655. The van der Waals surface area contributed by atoms with Crippen LogP contribution in [-0.4, -0.2) is 96.6 Å². The molecule has 1 amide bonds. The molecule has 2 saturated heterocycles. The number of fused-ring (bicyclic) bond motifs is 1. The van der Waals surface area contributed by atoms with Crippen molar-refractivity contribution < 1.29 is 14.7 Å². The molecular weight excluding hydrogens is 366 g/mol. The number of nitrogens with zero attached hydrogens (tertiary/aromatic N) is 6. The zero-order valence-electron chi connectivity index (χ0n) is 14.0. The minimum absolute atomic E-state index is 0.181. The summed E-state index contributed by atoms with van der Waals surface area (Å²) in [5.41, 5.74) is 5.77. The molecule has 0 spiro atoms. The molecule has 3 N–H and O–H groups in total. The predicted octanol–water partition coefficient (Wildman–Crippen LogP) is -1.36. The second-order valence-electron chi connectivity index (χ2n) is 6.34. The largest absolute Gasteiger partial charge is 0.480 e. The van der Waals surface area contributed by atoms with Crippen LogP contribution in [-0.2, 0) is 16.1 Å². The fourth-order valence-corrected chi connectivity index (χ4v) is 5.55. The minimum Gasteiger partial charge on any atom is -0.480 e. The second kappa shape index (κ2) is 7.48. The van der Waals surface area contributed by atoms with Crippen molar-refractivity contribution in [3.05, 3.63) is 0 Å². The molecule has 12 heteroatoms. The van der Waals surface area contributed by atoms with Crippen molar-refractivity contribution in [3.63, 3.8) is 0 Å². The Labute approximate surface area is 153 Å². The summed E-state index contributed by atoms with van der Waals surface area (Å²) in [6, 6.07) is -1.42. The number of hydrogen-bond acceptors (Lipinski definition) is 9. The van der Waals surface area contributed by atoms with Crippen LogP contribution in [0.4, 0.5) is 0 Å². The predicted molar refractivity (Wildman–Crippen MR) is 93.1 cm³/mol. The molecule has 138 valence electrons. The van der Waals surface area contributed by atoms with Gasteiger partial charge in [-0.2, -0.15) is 0 Å². The Morgan fingerprint density at radius 2 is 2.28 bits per heavy atom. The van der Waals surface area contributed by atoms with E-state index < -0.39 is 18.1 Å². The van der Waals surface area contributed by atoms with Crippen molar-refractivity contribution in [2.75, 3.05) is 32.1 Å². The normalized spacial score (nSPS) is 28.8. The molecule has 25 heavy (non-hydrogen) atoms. The first-order valence-corrected chi connectivity index (χ1v) is 9.89. The molecule has 1 aromatic heterocycles. The van der Waals surface area contributed by atoms with Gasteiger partial charge in [0.25, 0.3) is 0 Å². The lowest BCUT2D eigenvalue weighted by atomic mass is 9.95. The van der Waals surface area contributed by atoms with Gasteiger partial charge in [0, 0.05) is 24.0 Å². The lowest BCUT2D eigenvalue weighted by Crippen LogP contribution is -2.74. The lowest BCUT2D eigenvalue weighted by Gasteiger charge is -2.53. The molecule has 2 fully saturated rings. The fraction of sp³-hybridized carbons (Fsp3) is 0.769. The summed E-state index contributed by atoms with van der Waals surface area (Å²) >= 11 is 2.97. The first-order chi connectivity index (χ1) is 11.9. The average Bonchev–Trinajstić information content (AvgIpc) is 3.03. The number of hydrogen-bond donors (Lipinski definition) is 2. The maximum atomic E-state index is 12.0. The summed E-state index contributed by atoms with van der Waals surface area (Å²) in [5, 5.41) is 21.7. The highest BCUT2D eigenvalue weighted by molar-refractivity contribution is 8.00. The second-order valence-corrected chi connectivity index (χ2v) is 8.47. The Morgan fingerprint density at radius 3 is 2.96 bits per heavy atom. The quantitative estimate of drug-likeness (QED) is 0.427. The van der Waals surface area contributed by atoms with Crippen molar-refractivity contribution in [1.82, 2.24) is 30.0 Å². The molecule has 0 saturated carbocycles. The van der Waals surface area contributed by atoms with Gasteiger partial charge in [0.15, 0.2) is 0 Å². The molecule has 1 aromatic rings. The van der Waals surface area contributed by atoms with E-state index in [2.05, 4.69) is 15.5 Å². The van der Waals surface area contributed by atoms with Gasteiger partial charge in [0.05, 0.1) is 6.54 Å². The van der Waals surface area contributed by atoms with Crippen molar-refractivity contribution in [2.24, 2.45) is 11.7 Å². The summed E-state index contributed by atoms with van der Waals surface area (Å²) in [5.74, 6) is -0.276. The van der Waals surface area contributed by atoms with E-state index in [9.17, 15) is 14.7 Å². The van der Waals surface area contributed by atoms with Crippen LogP contribution >= 0.6 is 23.5 Å². The van der Waals surface area contributed by atoms with Gasteiger partial charge in [-0.05, 0) is 24.5 Å². The molecule has 0 radical (unpaired) electrons. The summed E-state index contributed by atoms with van der Waals surface area (Å²) in [6.45, 7) is 1.46. The van der Waals surface area contributed by atoms with Gasteiger partial charge in [0.1, 0.15) is 17.5 Å². The fourth-order valence-electron chi connectivity index (χ4n) is 2.91. The molecule has 0 bridgehead atoms. The van der Waals surface area contributed by atoms with Crippen LogP contribution in [0.2, 0.25) is 0 Å². The minimum atomic E-state index is -0.983. The van der Waals surface area contributed by atoms with Gasteiger partial charge in [-0.1, -0.05) is 11.8 Å². The molecule has 10 nitrogen and oxygen atoms in total. The standard InChI is InChI=1S/C13H21N7O3S2/c1-18(2)3-4-19-13(15-16-17-19)25-6-7-5-24-11-8(14)10(21)20(11)9(7)12(22)23/h7-9,11H,3-6,14H2,1-2H3,(H,22,23). The smallest absolute Gasteiger partial charge is 0.326 e. The number of carbonyl (C=O) groups excluding carboxylic acids is 1. The number of β-lactam (4-membered cyclic amide) rings is 1. The van der Waals surface area contributed by atoms with E-state index in [1.807, 2.05) is 19.0 Å². The summed E-state index contributed by atoms with van der Waals surface area (Å²) in [4.78, 5) is 27.1. The van der Waals surface area contributed by atoms with Crippen LogP contribution in [0.3, 0.4) is 0 Å². The number of nitrogens with two attached hydrogens (primary N) is 1. The van der Waals surface area contributed by atoms with Gasteiger partial charge in [0.2, 0.25) is 11.1 Å². The summed E-state index contributed by atoms with van der Waals surface area (Å²) < 4.78 is 1.71. The number of amides is 1. The third-order valence-electron chi connectivity index (χ3n) is 4.29. The maximum Gasteiger partial charge on any atom is 0.326 e. The van der Waals surface area contributed by atoms with E-state index in [-0.39, 0.29) is 17.2 Å². The van der Waals surface area contributed by atoms with Crippen LogP contribution in [0.1, 0.15) is 0 Å². The number of tetrazole rings is 1. The van der Waals surface area contributed by atoms with Gasteiger partial charge in [-0.25, -0.2) is 9.48 Å². The number of carboxylic acids is 1. The van der Waals surface area contributed by atoms with Gasteiger partial charge < -0.3 is 20.6 Å². The zero-order chi connectivity index (χ0) is 18.1. The third kappa shape index (κ3) is 3.61. The summed E-state index contributed by atoms with van der Waals surface area (Å²) in [6.07, 6.45) is 0. The lowest BCUT2D eigenvalue weighted by molar-refractivity contribution is -0.162. The van der Waals surface area contributed by atoms with E-state index in [0.717, 1.165) is 6.54 Å². The SMILES string of the molecule is CN(C)CCn1nnnc1SCC1CSC2C(N)C(=O)N2C1C(=O)O. The average molecular weight is 387 g/mol. The van der Waals surface area contributed by atoms with Crippen LogP contribution < -0.4 is 5.73 Å². The number of thioether (sulfide) groups is 2. The molecule has 2 aliphatic heterocycles. The molecule has 3 rings (SSSR count). The number of carboxylic acid groups (broad SMARTS) is 1. The number of aromatic nitrogens is 4. The van der Waals surface area contributed by atoms with E-state index >= 15 is 0 Å². The molecule has 0 aromatic carbocycles. The Hall–Kier alpha value is -1.37. The number of rotatable bonds is 7. The van der Waals surface area contributed by atoms with E-state index in [0.29, 0.717) is 23.2 Å². The van der Waals surface area contributed by atoms with Crippen LogP contribution in [0, 0.1) is 5.92 Å². The van der Waals surface area contributed by atoms with Gasteiger partial charge >= 0.3 is 5.97 Å². The molecule has 0 aliphatic carbocycles. The first-order valence-electron chi connectivity index (χ1n) is 7.86. The van der Waals surface area contributed by atoms with Crippen LogP contribution in [0.15, 0.2) is 5.16 Å². The third-order valence-corrected chi connectivity index (χ3v) is 6.91. The first kappa shape index (κ1) is 18.4. The Kier molecular flexibility index (Phi) is 5.51. The highest BCUT2D eigenvalue weighted by Gasteiger charge is 2.55. The zero-order valence-corrected chi connectivity index (χ0v) is 15.6. The van der Waals surface area contributed by atoms with E-state index in [4.69, 9.17) is 5.73 Å². The number of likely N-dealkylation sites (N-methyl/N-ethyl adjacent to an activating group) is 1. The highest BCUT2D eigenvalue weighted by atomic mass is 32.2. The van der Waals surface area contributed by atoms with E-state index in [1.165, 1.54) is 16.7 Å². The topological polar surface area (TPSA) is 130 Å². The molecular formula is C13H21N7O3S2. The van der Waals surface area contributed by atoms with Crippen molar-refractivity contribution >= 4 is 35.4 Å². The molecule has 2 aliphatic rings. The van der Waals surface area contributed by atoms with Crippen molar-refractivity contribution in [2.45, 2.75) is 29.2 Å². The van der Waals surface area contributed by atoms with Crippen molar-refractivity contribution in [3.8, 4) is 0 Å². The van der Waals surface area contributed by atoms with E-state index in [1.54, 1.807) is 16.4 Å². The summed E-state index contributed by atoms with van der Waals surface area (Å²) in [7, 11) is 3.94. The number of carbonyl (C=O) groups is 2. The molecule has 4 unspecified atom stereocenters. The Morgan fingerprint density at radius 1 is 1.52 bits per heavy atom. The van der Waals surface area contributed by atoms with Gasteiger partial charge in [-0.3, -0.25) is 4.79 Å². The Balaban J connectivity index is 1.64. The van der Waals surface area contributed by atoms with Crippen molar-refractivity contribution in [1.29, 1.82) is 0 Å². The highest BCUT2D eigenvalue weighted by Crippen LogP contribution is 2.41. The monoisotopic (exact) mass is 387 g/mol.